The van der Waals surface area contributed by atoms with Crippen LogP contribution in [-0.2, 0) is 4.79 Å². The lowest BCUT2D eigenvalue weighted by molar-refractivity contribution is -0.112. The number of nitriles is 1. The van der Waals surface area contributed by atoms with Crippen LogP contribution in [0.15, 0.2) is 63.6 Å². The van der Waals surface area contributed by atoms with Gasteiger partial charge in [0.15, 0.2) is 0 Å². The molecule has 0 aliphatic rings. The van der Waals surface area contributed by atoms with Gasteiger partial charge in [-0.3, -0.25) is 4.79 Å². The van der Waals surface area contributed by atoms with Crippen molar-refractivity contribution in [3.8, 4) is 11.8 Å². The highest BCUT2D eigenvalue weighted by molar-refractivity contribution is 9.11. The van der Waals surface area contributed by atoms with E-state index in [-0.39, 0.29) is 16.8 Å². The molecule has 0 saturated carbocycles. The number of rotatable bonds is 7. The quantitative estimate of drug-likeness (QED) is 0.312. The van der Waals surface area contributed by atoms with Crippen molar-refractivity contribution >= 4 is 55.5 Å². The Morgan fingerprint density at radius 1 is 1.25 bits per heavy atom. The molecular formula is C20H14Br2N2O4. The minimum atomic E-state index is -1.18. The first-order valence-corrected chi connectivity index (χ1v) is 9.44. The molecule has 0 unspecified atom stereocenters. The van der Waals surface area contributed by atoms with Gasteiger partial charge in [0, 0.05) is 0 Å². The Bertz CT molecular complexity index is 987. The van der Waals surface area contributed by atoms with E-state index in [4.69, 9.17) is 4.74 Å². The Hall–Kier alpha value is -2.89. The van der Waals surface area contributed by atoms with Gasteiger partial charge in [0.25, 0.3) is 5.91 Å². The number of carbonyl (C=O) groups is 2. The SMILES string of the molecule is C=CCOc1c(Br)cc(/C=C(\C#N)C(=O)Nc2ccccc2C(=O)O)cc1Br. The number of nitrogens with one attached hydrogen (secondary N) is 1. The maximum Gasteiger partial charge on any atom is 0.337 e. The molecule has 8 heteroatoms. The fourth-order valence-corrected chi connectivity index (χ4v) is 3.68. The van der Waals surface area contributed by atoms with Crippen LogP contribution in [-0.4, -0.2) is 23.6 Å². The minimum absolute atomic E-state index is 0.0673. The van der Waals surface area contributed by atoms with Crippen LogP contribution in [0.1, 0.15) is 15.9 Å². The van der Waals surface area contributed by atoms with Crippen molar-refractivity contribution in [3.63, 3.8) is 0 Å². The molecule has 0 radical (unpaired) electrons. The van der Waals surface area contributed by atoms with Crippen LogP contribution in [0.25, 0.3) is 6.08 Å². The number of amides is 1. The van der Waals surface area contributed by atoms with Crippen molar-refractivity contribution in [1.82, 2.24) is 0 Å². The monoisotopic (exact) mass is 504 g/mol. The Kier molecular flexibility index (Phi) is 7.55. The molecule has 0 aromatic heterocycles. The van der Waals surface area contributed by atoms with Crippen LogP contribution in [0.2, 0.25) is 0 Å². The van der Waals surface area contributed by atoms with E-state index in [1.165, 1.54) is 18.2 Å². The van der Waals surface area contributed by atoms with Gasteiger partial charge in [-0.1, -0.05) is 24.8 Å². The average Bonchev–Trinajstić information content (AvgIpc) is 2.65. The number of benzene rings is 2. The van der Waals surface area contributed by atoms with E-state index in [9.17, 15) is 20.0 Å². The fraction of sp³-hybridized carbons (Fsp3) is 0.0500. The van der Waals surface area contributed by atoms with Crippen molar-refractivity contribution in [2.75, 3.05) is 11.9 Å². The van der Waals surface area contributed by atoms with Gasteiger partial charge in [0.05, 0.1) is 20.2 Å². The van der Waals surface area contributed by atoms with Crippen LogP contribution in [0.5, 0.6) is 5.75 Å². The number of halogens is 2. The molecule has 0 aliphatic carbocycles. The lowest BCUT2D eigenvalue weighted by Crippen LogP contribution is -2.16. The highest BCUT2D eigenvalue weighted by Gasteiger charge is 2.15. The number of carboxylic acid groups (broad SMARTS) is 1. The number of aromatic carboxylic acids is 1. The van der Waals surface area contributed by atoms with Gasteiger partial charge >= 0.3 is 5.97 Å². The molecule has 0 aliphatic heterocycles. The highest BCUT2D eigenvalue weighted by atomic mass is 79.9. The van der Waals surface area contributed by atoms with Crippen molar-refractivity contribution in [3.05, 3.63) is 74.7 Å². The summed E-state index contributed by atoms with van der Waals surface area (Å²) in [6.45, 7) is 3.91. The number of hydrogen-bond donors (Lipinski definition) is 2. The fourth-order valence-electron chi connectivity index (χ4n) is 2.23. The second-order valence-electron chi connectivity index (χ2n) is 5.39. The normalized spacial score (nSPS) is 10.7. The molecule has 2 N–H and O–H groups in total. The molecule has 142 valence electrons. The second-order valence-corrected chi connectivity index (χ2v) is 7.10. The summed E-state index contributed by atoms with van der Waals surface area (Å²) in [6.07, 6.45) is 3.01. The Morgan fingerprint density at radius 2 is 1.89 bits per heavy atom. The Labute approximate surface area is 178 Å². The molecule has 0 saturated heterocycles. The van der Waals surface area contributed by atoms with Gasteiger partial charge < -0.3 is 15.2 Å². The van der Waals surface area contributed by atoms with Crippen LogP contribution in [0, 0.1) is 11.3 Å². The number of anilines is 1. The van der Waals surface area contributed by atoms with Crippen LogP contribution in [0.3, 0.4) is 0 Å². The zero-order chi connectivity index (χ0) is 20.7. The number of carboxylic acids is 1. The lowest BCUT2D eigenvalue weighted by Gasteiger charge is -2.10. The molecular weight excluding hydrogens is 492 g/mol. The molecule has 0 atom stereocenters. The van der Waals surface area contributed by atoms with E-state index in [0.717, 1.165) is 0 Å². The third-order valence-electron chi connectivity index (χ3n) is 3.45. The maximum absolute atomic E-state index is 12.4. The lowest BCUT2D eigenvalue weighted by atomic mass is 10.1. The zero-order valence-corrected chi connectivity index (χ0v) is 17.6. The molecule has 0 spiro atoms. The van der Waals surface area contributed by atoms with E-state index in [0.29, 0.717) is 26.9 Å². The van der Waals surface area contributed by atoms with Gasteiger partial charge in [-0.05, 0) is 67.8 Å². The van der Waals surface area contributed by atoms with Crippen molar-refractivity contribution in [1.29, 1.82) is 5.26 Å². The molecule has 0 heterocycles. The summed E-state index contributed by atoms with van der Waals surface area (Å²) in [5.74, 6) is -1.33. The van der Waals surface area contributed by atoms with Crippen LogP contribution in [0.4, 0.5) is 5.69 Å². The largest absolute Gasteiger partial charge is 0.487 e. The molecule has 2 aromatic rings. The first-order valence-electron chi connectivity index (χ1n) is 7.85. The smallest absolute Gasteiger partial charge is 0.337 e. The van der Waals surface area contributed by atoms with Crippen LogP contribution < -0.4 is 10.1 Å². The summed E-state index contributed by atoms with van der Waals surface area (Å²) in [4.78, 5) is 23.7. The summed E-state index contributed by atoms with van der Waals surface area (Å²) in [5, 5.41) is 21.0. The zero-order valence-electron chi connectivity index (χ0n) is 14.4. The Balaban J connectivity index is 2.31. The molecule has 2 aromatic carbocycles. The molecule has 2 rings (SSSR count). The van der Waals surface area contributed by atoms with Crippen molar-refractivity contribution in [2.24, 2.45) is 0 Å². The second kappa shape index (κ2) is 9.88. The summed E-state index contributed by atoms with van der Waals surface area (Å²) in [7, 11) is 0. The summed E-state index contributed by atoms with van der Waals surface area (Å²) in [6, 6.07) is 11.2. The predicted octanol–water partition coefficient (Wildman–Crippen LogP) is 5.02. The third-order valence-corrected chi connectivity index (χ3v) is 4.63. The molecule has 6 nitrogen and oxygen atoms in total. The van der Waals surface area contributed by atoms with Gasteiger partial charge in [-0.15, -0.1) is 0 Å². The number of para-hydroxylation sites is 1. The van der Waals surface area contributed by atoms with E-state index >= 15 is 0 Å². The summed E-state index contributed by atoms with van der Waals surface area (Å²) in [5.41, 5.74) is 0.431. The standard InChI is InChI=1S/C20H14Br2N2O4/c1-2-7-28-18-15(21)9-12(10-16(18)22)8-13(11-23)19(25)24-17-6-4-3-5-14(17)20(26)27/h2-6,8-10H,1,7H2,(H,24,25)(H,26,27)/b13-8+. The average molecular weight is 506 g/mol. The van der Waals surface area contributed by atoms with Crippen LogP contribution >= 0.6 is 31.9 Å². The third kappa shape index (κ3) is 5.31. The van der Waals surface area contributed by atoms with Gasteiger partial charge in [0.2, 0.25) is 0 Å². The number of ether oxygens (including phenoxy) is 1. The van der Waals surface area contributed by atoms with E-state index in [1.54, 1.807) is 30.3 Å². The number of nitrogens with zero attached hydrogens (tertiary/aromatic N) is 1. The number of carbonyl (C=O) groups excluding carboxylic acids is 1. The topological polar surface area (TPSA) is 99.4 Å². The van der Waals surface area contributed by atoms with E-state index in [1.807, 2.05) is 6.07 Å². The van der Waals surface area contributed by atoms with Gasteiger partial charge in [-0.2, -0.15) is 5.26 Å². The minimum Gasteiger partial charge on any atom is -0.487 e. The van der Waals surface area contributed by atoms with Crippen molar-refractivity contribution in [2.45, 2.75) is 0 Å². The van der Waals surface area contributed by atoms with E-state index < -0.39 is 11.9 Å². The van der Waals surface area contributed by atoms with E-state index in [2.05, 4.69) is 43.8 Å². The molecule has 1 amide bonds. The van der Waals surface area contributed by atoms with Gasteiger partial charge in [0.1, 0.15) is 24.0 Å². The highest BCUT2D eigenvalue weighted by Crippen LogP contribution is 2.35. The summed E-state index contributed by atoms with van der Waals surface area (Å²) >= 11 is 6.78. The first kappa shape index (κ1) is 21.4. The molecule has 28 heavy (non-hydrogen) atoms. The van der Waals surface area contributed by atoms with Crippen molar-refractivity contribution < 1.29 is 19.4 Å². The maximum atomic E-state index is 12.4. The summed E-state index contributed by atoms with van der Waals surface area (Å²) < 4.78 is 6.79. The molecule has 0 bridgehead atoms. The molecule has 0 fully saturated rings. The van der Waals surface area contributed by atoms with Gasteiger partial charge in [-0.25, -0.2) is 4.79 Å². The first-order chi connectivity index (χ1) is 13.4. The predicted molar refractivity (Wildman–Crippen MR) is 113 cm³/mol. The Morgan fingerprint density at radius 3 is 2.46 bits per heavy atom. The number of hydrogen-bond acceptors (Lipinski definition) is 4.